The monoisotopic (exact) mass is 234 g/mol. The van der Waals surface area contributed by atoms with Crippen molar-refractivity contribution in [2.24, 2.45) is 5.73 Å². The van der Waals surface area contributed by atoms with Gasteiger partial charge in [-0.05, 0) is 32.0 Å². The van der Waals surface area contributed by atoms with E-state index in [1.54, 1.807) is 12.3 Å². The Morgan fingerprint density at radius 3 is 2.71 bits per heavy atom. The van der Waals surface area contributed by atoms with E-state index in [4.69, 9.17) is 15.9 Å². The highest BCUT2D eigenvalue weighted by atomic mass is 16.5. The molecule has 1 fully saturated rings. The Hall–Kier alpha value is -1.62. The molecule has 0 amide bonds. The molecule has 0 radical (unpaired) electrons. The van der Waals surface area contributed by atoms with Gasteiger partial charge in [-0.1, -0.05) is 0 Å². The van der Waals surface area contributed by atoms with Crippen molar-refractivity contribution in [3.8, 4) is 5.75 Å². The van der Waals surface area contributed by atoms with Crippen molar-refractivity contribution < 1.29 is 4.74 Å². The number of likely N-dealkylation sites (tertiary alicyclic amines) is 1. The zero-order valence-electron chi connectivity index (χ0n) is 10.0. The molecule has 0 aromatic carbocycles. The molecule has 1 aliphatic rings. The molecule has 1 aromatic rings. The highest BCUT2D eigenvalue weighted by Gasteiger charge is 2.17. The van der Waals surface area contributed by atoms with Gasteiger partial charge in [-0.25, -0.2) is 4.98 Å². The van der Waals surface area contributed by atoms with Crippen LogP contribution >= 0.6 is 0 Å². The zero-order valence-corrected chi connectivity index (χ0v) is 10.0. The molecule has 0 spiro atoms. The molecule has 92 valence electrons. The van der Waals surface area contributed by atoms with E-state index in [1.807, 2.05) is 6.07 Å². The number of nitrogens with one attached hydrogen (secondary N) is 1. The normalized spacial score (nSPS) is 17.9. The third-order valence-electron chi connectivity index (χ3n) is 2.98. The van der Waals surface area contributed by atoms with E-state index >= 15 is 0 Å². The third-order valence-corrected chi connectivity index (χ3v) is 2.98. The first kappa shape index (κ1) is 11.9. The van der Waals surface area contributed by atoms with Gasteiger partial charge in [-0.3, -0.25) is 5.41 Å². The molecule has 1 saturated heterocycles. The Balaban J connectivity index is 1.92. The van der Waals surface area contributed by atoms with Gasteiger partial charge in [0.25, 0.3) is 0 Å². The molecule has 1 aliphatic heterocycles. The van der Waals surface area contributed by atoms with E-state index in [0.29, 0.717) is 5.69 Å². The summed E-state index contributed by atoms with van der Waals surface area (Å²) in [5, 5.41) is 7.25. The van der Waals surface area contributed by atoms with Crippen molar-refractivity contribution in [2.45, 2.75) is 18.9 Å². The highest BCUT2D eigenvalue weighted by molar-refractivity contribution is 5.92. The minimum Gasteiger partial charge on any atom is -0.489 e. The summed E-state index contributed by atoms with van der Waals surface area (Å²) in [6, 6.07) is 3.54. The Labute approximate surface area is 101 Å². The fraction of sp³-hybridized carbons (Fsp3) is 0.500. The van der Waals surface area contributed by atoms with Crippen LogP contribution in [0.3, 0.4) is 0 Å². The third kappa shape index (κ3) is 3.17. The van der Waals surface area contributed by atoms with Crippen LogP contribution in [-0.2, 0) is 0 Å². The summed E-state index contributed by atoms with van der Waals surface area (Å²) in [6.07, 6.45) is 4.00. The van der Waals surface area contributed by atoms with Crippen molar-refractivity contribution in [2.75, 3.05) is 20.1 Å². The minimum atomic E-state index is -0.0177. The predicted molar refractivity (Wildman–Crippen MR) is 66.4 cm³/mol. The van der Waals surface area contributed by atoms with E-state index in [2.05, 4.69) is 16.9 Å². The maximum absolute atomic E-state index is 7.25. The van der Waals surface area contributed by atoms with Gasteiger partial charge in [0.2, 0.25) is 0 Å². The Morgan fingerprint density at radius 1 is 1.47 bits per heavy atom. The van der Waals surface area contributed by atoms with Crippen LogP contribution in [0.15, 0.2) is 18.3 Å². The van der Waals surface area contributed by atoms with E-state index in [-0.39, 0.29) is 11.9 Å². The molecule has 17 heavy (non-hydrogen) atoms. The van der Waals surface area contributed by atoms with E-state index in [0.717, 1.165) is 31.7 Å². The SMILES string of the molecule is CN1CCC(Oc2ccc(C(=N)N)nc2)CC1. The molecule has 0 atom stereocenters. The first-order chi connectivity index (χ1) is 8.15. The largest absolute Gasteiger partial charge is 0.489 e. The van der Waals surface area contributed by atoms with E-state index in [9.17, 15) is 0 Å². The molecule has 5 nitrogen and oxygen atoms in total. The lowest BCUT2D eigenvalue weighted by molar-refractivity contribution is 0.114. The van der Waals surface area contributed by atoms with Gasteiger partial charge >= 0.3 is 0 Å². The number of aromatic nitrogens is 1. The van der Waals surface area contributed by atoms with Crippen LogP contribution in [0.2, 0.25) is 0 Å². The number of pyridine rings is 1. The van der Waals surface area contributed by atoms with Gasteiger partial charge in [-0.15, -0.1) is 0 Å². The molecule has 1 aromatic heterocycles. The lowest BCUT2D eigenvalue weighted by atomic mass is 10.1. The van der Waals surface area contributed by atoms with Crippen molar-refractivity contribution in [1.82, 2.24) is 9.88 Å². The fourth-order valence-corrected chi connectivity index (χ4v) is 1.90. The van der Waals surface area contributed by atoms with Gasteiger partial charge in [0.15, 0.2) is 0 Å². The van der Waals surface area contributed by atoms with Gasteiger partial charge < -0.3 is 15.4 Å². The minimum absolute atomic E-state index is 0.0177. The van der Waals surface area contributed by atoms with Crippen LogP contribution in [0.5, 0.6) is 5.75 Å². The molecular weight excluding hydrogens is 216 g/mol. The number of rotatable bonds is 3. The summed E-state index contributed by atoms with van der Waals surface area (Å²) in [6.45, 7) is 2.15. The summed E-state index contributed by atoms with van der Waals surface area (Å²) in [7, 11) is 2.12. The van der Waals surface area contributed by atoms with Gasteiger partial charge in [0, 0.05) is 13.1 Å². The molecule has 0 bridgehead atoms. The molecule has 0 aliphatic carbocycles. The van der Waals surface area contributed by atoms with Crippen molar-refractivity contribution >= 4 is 5.84 Å². The van der Waals surface area contributed by atoms with Crippen LogP contribution in [-0.4, -0.2) is 42.0 Å². The lowest BCUT2D eigenvalue weighted by Gasteiger charge is -2.29. The number of hydrogen-bond acceptors (Lipinski definition) is 4. The first-order valence-electron chi connectivity index (χ1n) is 5.81. The van der Waals surface area contributed by atoms with Crippen LogP contribution in [0, 0.1) is 5.41 Å². The van der Waals surface area contributed by atoms with Crippen molar-refractivity contribution in [1.29, 1.82) is 5.41 Å². The Morgan fingerprint density at radius 2 is 2.18 bits per heavy atom. The molecule has 0 saturated carbocycles. The first-order valence-corrected chi connectivity index (χ1v) is 5.81. The van der Waals surface area contributed by atoms with Gasteiger partial charge in [0.1, 0.15) is 23.4 Å². The van der Waals surface area contributed by atoms with Gasteiger partial charge in [-0.2, -0.15) is 0 Å². The molecule has 2 heterocycles. The zero-order chi connectivity index (χ0) is 12.3. The molecule has 3 N–H and O–H groups in total. The van der Waals surface area contributed by atoms with E-state index in [1.165, 1.54) is 0 Å². The standard InChI is InChI=1S/C12H18N4O/c1-16-6-4-9(5-7-16)17-10-2-3-11(12(13)14)15-8-10/h2-3,8-9H,4-7H2,1H3,(H3,13,14). The summed E-state index contributed by atoms with van der Waals surface area (Å²) >= 11 is 0. The summed E-state index contributed by atoms with van der Waals surface area (Å²) in [5.41, 5.74) is 5.82. The number of nitrogen functional groups attached to an aromatic ring is 1. The number of ether oxygens (including phenoxy) is 1. The van der Waals surface area contributed by atoms with Crippen molar-refractivity contribution in [3.05, 3.63) is 24.0 Å². The summed E-state index contributed by atoms with van der Waals surface area (Å²) < 4.78 is 5.84. The fourth-order valence-electron chi connectivity index (χ4n) is 1.90. The maximum atomic E-state index is 7.25. The van der Waals surface area contributed by atoms with Crippen LogP contribution in [0.25, 0.3) is 0 Å². The average molecular weight is 234 g/mol. The van der Waals surface area contributed by atoms with Gasteiger partial charge in [0.05, 0.1) is 6.20 Å². The average Bonchev–Trinajstić information content (AvgIpc) is 2.33. The smallest absolute Gasteiger partial charge is 0.141 e. The quantitative estimate of drug-likeness (QED) is 0.600. The summed E-state index contributed by atoms with van der Waals surface area (Å²) in [5.74, 6) is 0.736. The van der Waals surface area contributed by atoms with Crippen LogP contribution in [0.4, 0.5) is 0 Å². The second-order valence-electron chi connectivity index (χ2n) is 4.41. The number of nitrogens with zero attached hydrogens (tertiary/aromatic N) is 2. The Bertz CT molecular complexity index is 382. The molecular formula is C12H18N4O. The molecule has 2 rings (SSSR count). The molecule has 5 heteroatoms. The maximum Gasteiger partial charge on any atom is 0.141 e. The second kappa shape index (κ2) is 5.14. The van der Waals surface area contributed by atoms with Crippen molar-refractivity contribution in [3.63, 3.8) is 0 Å². The van der Waals surface area contributed by atoms with Crippen LogP contribution in [0.1, 0.15) is 18.5 Å². The number of amidine groups is 1. The highest BCUT2D eigenvalue weighted by Crippen LogP contribution is 2.17. The van der Waals surface area contributed by atoms with E-state index < -0.39 is 0 Å². The number of hydrogen-bond donors (Lipinski definition) is 2. The van der Waals surface area contributed by atoms with Crippen LogP contribution < -0.4 is 10.5 Å². The topological polar surface area (TPSA) is 75.2 Å². The Kier molecular flexibility index (Phi) is 3.58. The number of piperidine rings is 1. The lowest BCUT2D eigenvalue weighted by Crippen LogP contribution is -2.35. The number of nitrogens with two attached hydrogens (primary N) is 1. The molecule has 0 unspecified atom stereocenters. The predicted octanol–water partition coefficient (Wildman–Crippen LogP) is 0.839. The summed E-state index contributed by atoms with van der Waals surface area (Å²) in [4.78, 5) is 6.38. The second-order valence-corrected chi connectivity index (χ2v) is 4.41.